The van der Waals surface area contributed by atoms with Crippen molar-refractivity contribution in [1.82, 2.24) is 10.6 Å². The predicted molar refractivity (Wildman–Crippen MR) is 106 cm³/mol. The zero-order chi connectivity index (χ0) is 20.9. The molecule has 2 atom stereocenters. The number of carboxylic acid groups (broad SMARTS) is 1. The molecule has 0 aliphatic heterocycles. The molecule has 0 bridgehead atoms. The molecule has 0 saturated carbocycles. The second-order valence-corrected chi connectivity index (χ2v) is 6.97. The minimum Gasteiger partial charge on any atom is -0.493 e. The van der Waals surface area contributed by atoms with E-state index in [9.17, 15) is 14.7 Å². The van der Waals surface area contributed by atoms with Gasteiger partial charge in [0.25, 0.3) is 5.91 Å². The summed E-state index contributed by atoms with van der Waals surface area (Å²) in [5.74, 6) is 0.464. The van der Waals surface area contributed by atoms with Gasteiger partial charge in [0.15, 0.2) is 0 Å². The van der Waals surface area contributed by atoms with Crippen LogP contribution in [0.1, 0.15) is 37.0 Å². The third-order valence-electron chi connectivity index (χ3n) is 4.48. The molecule has 1 aromatic carbocycles. The number of benzene rings is 1. The Morgan fingerprint density at radius 3 is 2.50 bits per heavy atom. The minimum atomic E-state index is -1.18. The van der Waals surface area contributed by atoms with Crippen LogP contribution >= 0.6 is 0 Å². The van der Waals surface area contributed by atoms with Gasteiger partial charge in [0, 0.05) is 26.7 Å². The van der Waals surface area contributed by atoms with Crippen molar-refractivity contribution >= 4 is 12.0 Å². The number of para-hydroxylation sites is 1. The lowest BCUT2D eigenvalue weighted by Crippen LogP contribution is -2.41. The van der Waals surface area contributed by atoms with Crippen LogP contribution in [-0.2, 0) is 4.74 Å². The lowest BCUT2D eigenvalue weighted by Gasteiger charge is -2.25. The van der Waals surface area contributed by atoms with E-state index in [2.05, 4.69) is 10.6 Å². The number of amides is 2. The maximum absolute atomic E-state index is 12.6. The summed E-state index contributed by atoms with van der Waals surface area (Å²) in [4.78, 5) is 23.5. The molecule has 0 aliphatic rings. The fourth-order valence-electron chi connectivity index (χ4n) is 2.79. The van der Waals surface area contributed by atoms with Crippen LogP contribution in [0.25, 0.3) is 0 Å². The highest BCUT2D eigenvalue weighted by atomic mass is 16.5. The van der Waals surface area contributed by atoms with Crippen LogP contribution in [0.3, 0.4) is 0 Å². The molecule has 28 heavy (non-hydrogen) atoms. The summed E-state index contributed by atoms with van der Waals surface area (Å²) in [7, 11) is 1.62. The number of carbonyl (C=O) groups excluding carboxylic acids is 1. The van der Waals surface area contributed by atoms with E-state index in [4.69, 9.17) is 14.6 Å². The second-order valence-electron chi connectivity index (χ2n) is 6.97. The fraction of sp³-hybridized carbons (Fsp3) is 0.600. The van der Waals surface area contributed by atoms with Crippen LogP contribution in [0.15, 0.2) is 24.3 Å². The average Bonchev–Trinajstić information content (AvgIpc) is 2.67. The Labute approximate surface area is 166 Å². The van der Waals surface area contributed by atoms with Gasteiger partial charge in [0.05, 0.1) is 24.8 Å². The Morgan fingerprint density at radius 2 is 1.89 bits per heavy atom. The summed E-state index contributed by atoms with van der Waals surface area (Å²) < 4.78 is 10.7. The van der Waals surface area contributed by atoms with Gasteiger partial charge in [-0.15, -0.1) is 0 Å². The first-order valence-corrected chi connectivity index (χ1v) is 9.48. The topological polar surface area (TPSA) is 117 Å². The van der Waals surface area contributed by atoms with Crippen LogP contribution in [0.4, 0.5) is 4.79 Å². The number of aliphatic hydroxyl groups is 1. The van der Waals surface area contributed by atoms with Crippen molar-refractivity contribution in [3.8, 4) is 5.75 Å². The first-order valence-electron chi connectivity index (χ1n) is 9.48. The number of methoxy groups -OCH3 is 1. The van der Waals surface area contributed by atoms with Crippen LogP contribution in [-0.4, -0.2) is 61.7 Å². The molecule has 4 N–H and O–H groups in total. The van der Waals surface area contributed by atoms with Crippen molar-refractivity contribution in [2.45, 2.75) is 32.7 Å². The summed E-state index contributed by atoms with van der Waals surface area (Å²) in [6, 6.07) is 6.46. The van der Waals surface area contributed by atoms with Gasteiger partial charge in [-0.1, -0.05) is 26.0 Å². The van der Waals surface area contributed by atoms with E-state index >= 15 is 0 Å². The van der Waals surface area contributed by atoms with Crippen molar-refractivity contribution in [3.63, 3.8) is 0 Å². The molecule has 8 nitrogen and oxygen atoms in total. The number of carbonyl (C=O) groups is 2. The monoisotopic (exact) mass is 396 g/mol. The molecule has 0 heterocycles. The highest BCUT2D eigenvalue weighted by Crippen LogP contribution is 2.20. The number of ether oxygens (including phenoxy) is 2. The highest BCUT2D eigenvalue weighted by Gasteiger charge is 2.22. The summed E-state index contributed by atoms with van der Waals surface area (Å²) in [6.45, 7) is 5.11. The number of rotatable bonds is 13. The third-order valence-corrected chi connectivity index (χ3v) is 4.48. The van der Waals surface area contributed by atoms with Gasteiger partial charge < -0.3 is 30.3 Å². The molecule has 0 unspecified atom stereocenters. The minimum absolute atomic E-state index is 0.00253. The van der Waals surface area contributed by atoms with E-state index in [0.717, 1.165) is 6.42 Å². The quantitative estimate of drug-likeness (QED) is 0.380. The van der Waals surface area contributed by atoms with Gasteiger partial charge in [0.1, 0.15) is 5.75 Å². The van der Waals surface area contributed by atoms with Crippen LogP contribution in [0, 0.1) is 11.8 Å². The van der Waals surface area contributed by atoms with Crippen molar-refractivity contribution in [2.75, 3.05) is 33.5 Å². The Balaban J connectivity index is 2.68. The van der Waals surface area contributed by atoms with Crippen molar-refractivity contribution < 1.29 is 29.3 Å². The molecule has 0 spiro atoms. The molecule has 0 fully saturated rings. The number of hydrogen-bond acceptors (Lipinski definition) is 5. The molecule has 0 saturated heterocycles. The van der Waals surface area contributed by atoms with E-state index in [-0.39, 0.29) is 24.3 Å². The average molecular weight is 396 g/mol. The maximum Gasteiger partial charge on any atom is 0.404 e. The van der Waals surface area contributed by atoms with Gasteiger partial charge in [0.2, 0.25) is 0 Å². The Kier molecular flexibility index (Phi) is 11.0. The van der Waals surface area contributed by atoms with E-state index in [1.165, 1.54) is 0 Å². The molecule has 8 heteroatoms. The van der Waals surface area contributed by atoms with E-state index in [1.807, 2.05) is 19.9 Å². The highest BCUT2D eigenvalue weighted by molar-refractivity contribution is 5.96. The molecule has 0 radical (unpaired) electrons. The first-order chi connectivity index (χ1) is 13.4. The van der Waals surface area contributed by atoms with Gasteiger partial charge in [-0.25, -0.2) is 4.79 Å². The maximum atomic E-state index is 12.6. The van der Waals surface area contributed by atoms with Crippen LogP contribution in [0.5, 0.6) is 5.75 Å². The first kappa shape index (κ1) is 23.7. The van der Waals surface area contributed by atoms with Crippen molar-refractivity contribution in [1.29, 1.82) is 0 Å². The fourth-order valence-corrected chi connectivity index (χ4v) is 2.79. The summed E-state index contributed by atoms with van der Waals surface area (Å²) in [6.07, 6.45) is -0.0261. The van der Waals surface area contributed by atoms with Gasteiger partial charge in [-0.3, -0.25) is 4.79 Å². The Bertz CT molecular complexity index is 608. The standard InChI is InChI=1S/C20H32N2O6/c1-14(2)15(11-16(13-23)22-20(25)26)12-21-19(24)17-7-4-5-8-18(17)28-10-6-9-27-3/h4-5,7-8,14-16,22-23H,6,9-13H2,1-3H3,(H,21,24)(H,25,26)/t15-,16+/m1/s1. The molecule has 0 aromatic heterocycles. The molecule has 0 aliphatic carbocycles. The zero-order valence-corrected chi connectivity index (χ0v) is 16.8. The van der Waals surface area contributed by atoms with E-state index < -0.39 is 12.1 Å². The number of nitrogens with one attached hydrogen (secondary N) is 2. The summed E-state index contributed by atoms with van der Waals surface area (Å²) in [5.41, 5.74) is 0.449. The summed E-state index contributed by atoms with van der Waals surface area (Å²) in [5, 5.41) is 23.4. The van der Waals surface area contributed by atoms with Gasteiger partial charge >= 0.3 is 6.09 Å². The molecular formula is C20H32N2O6. The van der Waals surface area contributed by atoms with Crippen LogP contribution < -0.4 is 15.4 Å². The molecule has 158 valence electrons. The van der Waals surface area contributed by atoms with E-state index in [1.54, 1.807) is 25.3 Å². The third kappa shape index (κ3) is 8.58. The summed E-state index contributed by atoms with van der Waals surface area (Å²) >= 11 is 0. The van der Waals surface area contributed by atoms with Crippen molar-refractivity contribution in [3.05, 3.63) is 29.8 Å². The molecular weight excluding hydrogens is 364 g/mol. The normalized spacial score (nSPS) is 13.0. The van der Waals surface area contributed by atoms with E-state index in [0.29, 0.717) is 37.5 Å². The van der Waals surface area contributed by atoms with Gasteiger partial charge in [-0.05, 0) is 30.4 Å². The largest absolute Gasteiger partial charge is 0.493 e. The smallest absolute Gasteiger partial charge is 0.404 e. The lowest BCUT2D eigenvalue weighted by molar-refractivity contribution is 0.0933. The molecule has 2 amide bonds. The lowest BCUT2D eigenvalue weighted by atomic mass is 9.89. The molecule has 1 aromatic rings. The number of aliphatic hydroxyl groups excluding tert-OH is 1. The Morgan fingerprint density at radius 1 is 1.18 bits per heavy atom. The predicted octanol–water partition coefficient (Wildman–Crippen LogP) is 2.12. The van der Waals surface area contributed by atoms with Gasteiger partial charge in [-0.2, -0.15) is 0 Å². The van der Waals surface area contributed by atoms with Crippen molar-refractivity contribution in [2.24, 2.45) is 11.8 Å². The molecule has 1 rings (SSSR count). The van der Waals surface area contributed by atoms with Crippen LogP contribution in [0.2, 0.25) is 0 Å². The SMILES string of the molecule is COCCCOc1ccccc1C(=O)NC[C@@H](C[C@@H](CO)NC(=O)O)C(C)C. The second kappa shape index (κ2) is 13.0. The number of hydrogen-bond donors (Lipinski definition) is 4. The zero-order valence-electron chi connectivity index (χ0n) is 16.8. The Hall–Kier alpha value is -2.32.